The van der Waals surface area contributed by atoms with E-state index in [2.05, 4.69) is 9.97 Å². The Morgan fingerprint density at radius 1 is 1.31 bits per heavy atom. The van der Waals surface area contributed by atoms with Crippen LogP contribution in [0.2, 0.25) is 0 Å². The topological polar surface area (TPSA) is 63.1 Å². The maximum Gasteiger partial charge on any atom is 0.354 e. The van der Waals surface area contributed by atoms with Crippen LogP contribution in [0.3, 0.4) is 0 Å². The SMILES string of the molecule is Cc1cnc(C(=O)O)cc1-c1ccncc1. The smallest absolute Gasteiger partial charge is 0.354 e. The molecule has 0 atom stereocenters. The van der Waals surface area contributed by atoms with Gasteiger partial charge in [-0.15, -0.1) is 0 Å². The van der Waals surface area contributed by atoms with Crippen LogP contribution >= 0.6 is 0 Å². The van der Waals surface area contributed by atoms with E-state index in [9.17, 15) is 4.79 Å². The lowest BCUT2D eigenvalue weighted by Crippen LogP contribution is -2.01. The number of hydrogen-bond acceptors (Lipinski definition) is 3. The van der Waals surface area contributed by atoms with Crippen LogP contribution in [0.1, 0.15) is 16.1 Å². The van der Waals surface area contributed by atoms with E-state index in [-0.39, 0.29) is 5.69 Å². The standard InChI is InChI=1S/C12H10N2O2/c1-8-7-14-11(12(15)16)6-10(8)9-2-4-13-5-3-9/h2-7H,1H3,(H,15,16). The molecule has 2 aromatic heterocycles. The molecule has 16 heavy (non-hydrogen) atoms. The van der Waals surface area contributed by atoms with Crippen LogP contribution in [-0.4, -0.2) is 21.0 Å². The monoisotopic (exact) mass is 214 g/mol. The number of aryl methyl sites for hydroxylation is 1. The Balaban J connectivity index is 2.56. The zero-order chi connectivity index (χ0) is 11.5. The Kier molecular flexibility index (Phi) is 2.64. The zero-order valence-electron chi connectivity index (χ0n) is 8.71. The van der Waals surface area contributed by atoms with Gasteiger partial charge in [-0.2, -0.15) is 0 Å². The highest BCUT2D eigenvalue weighted by Gasteiger charge is 2.08. The molecular weight excluding hydrogens is 204 g/mol. The highest BCUT2D eigenvalue weighted by atomic mass is 16.4. The van der Waals surface area contributed by atoms with Gasteiger partial charge in [0.1, 0.15) is 5.69 Å². The predicted octanol–water partition coefficient (Wildman–Crippen LogP) is 2.15. The van der Waals surface area contributed by atoms with Crippen LogP contribution in [-0.2, 0) is 0 Å². The van der Waals surface area contributed by atoms with E-state index in [1.54, 1.807) is 24.7 Å². The minimum absolute atomic E-state index is 0.0532. The first-order valence-electron chi connectivity index (χ1n) is 4.79. The van der Waals surface area contributed by atoms with Crippen molar-refractivity contribution < 1.29 is 9.90 Å². The van der Waals surface area contributed by atoms with Crippen LogP contribution in [0.25, 0.3) is 11.1 Å². The molecule has 4 heteroatoms. The van der Waals surface area contributed by atoms with Crippen molar-refractivity contribution in [2.24, 2.45) is 0 Å². The molecule has 0 bridgehead atoms. The summed E-state index contributed by atoms with van der Waals surface area (Å²) in [7, 11) is 0. The Morgan fingerprint density at radius 3 is 2.62 bits per heavy atom. The van der Waals surface area contributed by atoms with Gasteiger partial charge < -0.3 is 5.11 Å². The fourth-order valence-electron chi connectivity index (χ4n) is 1.48. The second kappa shape index (κ2) is 4.10. The van der Waals surface area contributed by atoms with Crippen molar-refractivity contribution in [2.75, 3.05) is 0 Å². The molecule has 0 aliphatic heterocycles. The maximum absolute atomic E-state index is 10.8. The summed E-state index contributed by atoms with van der Waals surface area (Å²) in [6.07, 6.45) is 4.92. The summed E-state index contributed by atoms with van der Waals surface area (Å²) < 4.78 is 0. The summed E-state index contributed by atoms with van der Waals surface area (Å²) in [4.78, 5) is 18.6. The summed E-state index contributed by atoms with van der Waals surface area (Å²) in [6, 6.07) is 5.26. The van der Waals surface area contributed by atoms with E-state index in [0.717, 1.165) is 16.7 Å². The summed E-state index contributed by atoms with van der Waals surface area (Å²) >= 11 is 0. The normalized spacial score (nSPS) is 10.1. The van der Waals surface area contributed by atoms with Crippen molar-refractivity contribution in [2.45, 2.75) is 6.92 Å². The minimum Gasteiger partial charge on any atom is -0.477 e. The third-order valence-electron chi connectivity index (χ3n) is 2.31. The van der Waals surface area contributed by atoms with Gasteiger partial charge in [0.2, 0.25) is 0 Å². The third-order valence-corrected chi connectivity index (χ3v) is 2.31. The average Bonchev–Trinajstić information content (AvgIpc) is 2.30. The van der Waals surface area contributed by atoms with Crippen molar-refractivity contribution in [3.63, 3.8) is 0 Å². The van der Waals surface area contributed by atoms with E-state index in [1.165, 1.54) is 0 Å². The molecule has 1 N–H and O–H groups in total. The van der Waals surface area contributed by atoms with Crippen LogP contribution in [0, 0.1) is 6.92 Å². The second-order valence-electron chi connectivity index (χ2n) is 3.43. The van der Waals surface area contributed by atoms with Gasteiger partial charge in [0.25, 0.3) is 0 Å². The van der Waals surface area contributed by atoms with E-state index >= 15 is 0 Å². The van der Waals surface area contributed by atoms with Crippen molar-refractivity contribution in [1.82, 2.24) is 9.97 Å². The molecule has 0 amide bonds. The lowest BCUT2D eigenvalue weighted by molar-refractivity contribution is 0.0690. The number of aromatic carboxylic acids is 1. The lowest BCUT2D eigenvalue weighted by atomic mass is 10.0. The molecule has 0 saturated heterocycles. The molecule has 2 heterocycles. The number of aromatic nitrogens is 2. The molecule has 2 rings (SSSR count). The molecule has 2 aromatic rings. The van der Waals surface area contributed by atoms with Crippen molar-refractivity contribution >= 4 is 5.97 Å². The summed E-state index contributed by atoms with van der Waals surface area (Å²) in [5, 5.41) is 8.87. The van der Waals surface area contributed by atoms with E-state index in [0.29, 0.717) is 0 Å². The highest BCUT2D eigenvalue weighted by molar-refractivity contribution is 5.87. The molecule has 0 aliphatic rings. The molecule has 0 spiro atoms. The molecule has 0 aromatic carbocycles. The van der Waals surface area contributed by atoms with Crippen molar-refractivity contribution in [1.29, 1.82) is 0 Å². The lowest BCUT2D eigenvalue weighted by Gasteiger charge is -2.05. The molecular formula is C12H10N2O2. The van der Waals surface area contributed by atoms with Gasteiger partial charge in [0.05, 0.1) is 0 Å². The van der Waals surface area contributed by atoms with Gasteiger partial charge in [0.15, 0.2) is 0 Å². The van der Waals surface area contributed by atoms with Crippen LogP contribution in [0.5, 0.6) is 0 Å². The van der Waals surface area contributed by atoms with E-state index < -0.39 is 5.97 Å². The number of carboxylic acid groups (broad SMARTS) is 1. The fraction of sp³-hybridized carbons (Fsp3) is 0.0833. The van der Waals surface area contributed by atoms with Crippen LogP contribution in [0.4, 0.5) is 0 Å². The number of carbonyl (C=O) groups is 1. The molecule has 0 aliphatic carbocycles. The largest absolute Gasteiger partial charge is 0.477 e. The Bertz CT molecular complexity index is 524. The number of hydrogen-bond donors (Lipinski definition) is 1. The van der Waals surface area contributed by atoms with E-state index in [4.69, 9.17) is 5.11 Å². The van der Waals surface area contributed by atoms with Crippen LogP contribution < -0.4 is 0 Å². The molecule has 4 nitrogen and oxygen atoms in total. The summed E-state index contributed by atoms with van der Waals surface area (Å²) in [5.41, 5.74) is 2.81. The van der Waals surface area contributed by atoms with Gasteiger partial charge in [0, 0.05) is 18.6 Å². The molecule has 0 saturated carbocycles. The quantitative estimate of drug-likeness (QED) is 0.831. The number of pyridine rings is 2. The van der Waals surface area contributed by atoms with Crippen molar-refractivity contribution in [3.8, 4) is 11.1 Å². The second-order valence-corrected chi connectivity index (χ2v) is 3.43. The van der Waals surface area contributed by atoms with Gasteiger partial charge in [-0.3, -0.25) is 4.98 Å². The summed E-state index contributed by atoms with van der Waals surface area (Å²) in [6.45, 7) is 1.90. The van der Waals surface area contributed by atoms with Crippen LogP contribution in [0.15, 0.2) is 36.8 Å². The van der Waals surface area contributed by atoms with Gasteiger partial charge in [-0.05, 0) is 41.8 Å². The number of carboxylic acids is 1. The Morgan fingerprint density at radius 2 is 2.00 bits per heavy atom. The molecule has 0 fully saturated rings. The molecule has 0 radical (unpaired) electrons. The van der Waals surface area contributed by atoms with Crippen molar-refractivity contribution in [3.05, 3.63) is 48.0 Å². The number of nitrogens with zero attached hydrogens (tertiary/aromatic N) is 2. The first-order chi connectivity index (χ1) is 7.68. The predicted molar refractivity (Wildman–Crippen MR) is 59.2 cm³/mol. The number of rotatable bonds is 2. The maximum atomic E-state index is 10.8. The average molecular weight is 214 g/mol. The zero-order valence-corrected chi connectivity index (χ0v) is 8.71. The fourth-order valence-corrected chi connectivity index (χ4v) is 1.48. The third kappa shape index (κ3) is 1.91. The van der Waals surface area contributed by atoms with E-state index in [1.807, 2.05) is 19.1 Å². The van der Waals surface area contributed by atoms with Gasteiger partial charge in [-0.1, -0.05) is 0 Å². The Labute approximate surface area is 92.6 Å². The minimum atomic E-state index is -1.02. The first kappa shape index (κ1) is 10.3. The summed E-state index contributed by atoms with van der Waals surface area (Å²) in [5.74, 6) is -1.02. The molecule has 0 unspecified atom stereocenters. The highest BCUT2D eigenvalue weighted by Crippen LogP contribution is 2.22. The Hall–Kier alpha value is -2.23. The van der Waals surface area contributed by atoms with Gasteiger partial charge in [-0.25, -0.2) is 9.78 Å². The molecule has 80 valence electrons. The first-order valence-corrected chi connectivity index (χ1v) is 4.79. The van der Waals surface area contributed by atoms with Gasteiger partial charge >= 0.3 is 5.97 Å².